The quantitative estimate of drug-likeness (QED) is 0.595. The molecule has 0 unspecified atom stereocenters. The molecule has 1 fully saturated rings. The van der Waals surface area contributed by atoms with Crippen LogP contribution in [0.5, 0.6) is 5.75 Å². The number of aromatic nitrogens is 5. The van der Waals surface area contributed by atoms with Gasteiger partial charge in [0.25, 0.3) is 0 Å². The number of hydrogen-bond donors (Lipinski definition) is 1. The topological polar surface area (TPSA) is 101 Å². The Hall–Kier alpha value is -2.79. The van der Waals surface area contributed by atoms with Crippen molar-refractivity contribution in [1.29, 1.82) is 0 Å². The fourth-order valence-corrected chi connectivity index (χ4v) is 4.58. The molecule has 3 aromatic heterocycles. The van der Waals surface area contributed by atoms with E-state index in [1.165, 1.54) is 18.3 Å². The zero-order valence-electron chi connectivity index (χ0n) is 16.2. The van der Waals surface area contributed by atoms with Crippen LogP contribution in [-0.4, -0.2) is 47.4 Å². The maximum Gasteiger partial charge on any atom is 0.387 e. The Balaban J connectivity index is 1.65. The second-order valence-electron chi connectivity index (χ2n) is 6.91. The summed E-state index contributed by atoms with van der Waals surface area (Å²) in [4.78, 5) is 13.4. The first kappa shape index (κ1) is 20.5. The van der Waals surface area contributed by atoms with Crippen LogP contribution in [0.1, 0.15) is 24.5 Å². The Kier molecular flexibility index (Phi) is 6.09. The number of nitrogens with one attached hydrogen (secondary N) is 1. The molecule has 0 bridgehead atoms. The Morgan fingerprint density at radius 3 is 2.73 bits per heavy atom. The average Bonchev–Trinajstić information content (AvgIpc) is 3.14. The number of halogens is 2. The number of rotatable bonds is 6. The number of ether oxygens (including phenoxy) is 1. The Morgan fingerprint density at radius 2 is 2.03 bits per heavy atom. The molecule has 0 aromatic carbocycles. The highest BCUT2D eigenvalue weighted by Crippen LogP contribution is 2.31. The van der Waals surface area contributed by atoms with E-state index in [-0.39, 0.29) is 11.7 Å². The lowest BCUT2D eigenvalue weighted by molar-refractivity contribution is -0.0498. The highest BCUT2D eigenvalue weighted by Gasteiger charge is 2.25. The van der Waals surface area contributed by atoms with Crippen LogP contribution in [0.25, 0.3) is 11.4 Å². The molecule has 4 heterocycles. The minimum absolute atomic E-state index is 0.000905. The minimum Gasteiger partial charge on any atom is -0.616 e. The zero-order chi connectivity index (χ0) is 21.1. The molecule has 3 aromatic rings. The fourth-order valence-electron chi connectivity index (χ4n) is 3.28. The maximum absolute atomic E-state index is 12.5. The van der Waals surface area contributed by atoms with E-state index in [0.717, 1.165) is 24.1 Å². The van der Waals surface area contributed by atoms with Gasteiger partial charge in [-0.25, -0.2) is 15.0 Å². The molecule has 1 saturated heterocycles. The summed E-state index contributed by atoms with van der Waals surface area (Å²) in [5.41, 5.74) is 1.59. The lowest BCUT2D eigenvalue weighted by atomic mass is 9.98. The number of anilines is 2. The van der Waals surface area contributed by atoms with Crippen molar-refractivity contribution >= 4 is 22.8 Å². The van der Waals surface area contributed by atoms with Gasteiger partial charge < -0.3 is 14.6 Å². The summed E-state index contributed by atoms with van der Waals surface area (Å²) < 4.78 is 42.8. The van der Waals surface area contributed by atoms with Gasteiger partial charge in [-0.05, 0) is 6.07 Å². The van der Waals surface area contributed by atoms with Gasteiger partial charge in [-0.2, -0.15) is 13.9 Å². The van der Waals surface area contributed by atoms with Crippen LogP contribution in [-0.2, 0) is 18.2 Å². The van der Waals surface area contributed by atoms with Crippen LogP contribution in [0.3, 0.4) is 0 Å². The third-order valence-corrected chi connectivity index (χ3v) is 6.11. The summed E-state index contributed by atoms with van der Waals surface area (Å²) in [6.07, 6.45) is 6.43. The number of nitrogens with zero attached hydrogens (tertiary/aromatic N) is 5. The molecule has 1 N–H and O–H groups in total. The van der Waals surface area contributed by atoms with E-state index in [2.05, 4.69) is 25.1 Å². The second-order valence-corrected chi connectivity index (χ2v) is 8.60. The first-order valence-electron chi connectivity index (χ1n) is 9.37. The largest absolute Gasteiger partial charge is 0.616 e. The standard InChI is InChI=1S/C19H20F2N6O2S/c1-27-11-13(10-23-27)18-24-15(12-3-6-30(28)7-4-12)9-17(26-18)25-16-8-14(2-5-22-16)29-19(20)21/h2,5,8-12,19H,3-4,6-7H2,1H3,(H,22,24,25,26). The summed E-state index contributed by atoms with van der Waals surface area (Å²) in [6.45, 7) is -2.92. The summed E-state index contributed by atoms with van der Waals surface area (Å²) in [7, 11) is 1.81. The van der Waals surface area contributed by atoms with Crippen molar-refractivity contribution in [2.24, 2.45) is 7.05 Å². The number of aryl methyl sites for hydroxylation is 1. The van der Waals surface area contributed by atoms with Crippen molar-refractivity contribution in [3.63, 3.8) is 0 Å². The molecule has 4 rings (SSSR count). The molecule has 158 valence electrons. The molecule has 0 radical (unpaired) electrons. The van der Waals surface area contributed by atoms with E-state index in [4.69, 9.17) is 4.98 Å². The molecule has 30 heavy (non-hydrogen) atoms. The molecule has 0 aliphatic carbocycles. The third kappa shape index (κ3) is 5.03. The second kappa shape index (κ2) is 8.92. The first-order valence-corrected chi connectivity index (χ1v) is 10.9. The average molecular weight is 434 g/mol. The van der Waals surface area contributed by atoms with E-state index in [1.54, 1.807) is 17.9 Å². The molecule has 11 heteroatoms. The van der Waals surface area contributed by atoms with Gasteiger partial charge in [0.2, 0.25) is 0 Å². The van der Waals surface area contributed by atoms with E-state index in [1.807, 2.05) is 12.3 Å². The third-order valence-electron chi connectivity index (χ3n) is 4.73. The van der Waals surface area contributed by atoms with E-state index in [0.29, 0.717) is 29.0 Å². The number of hydrogen-bond acceptors (Lipinski definition) is 7. The van der Waals surface area contributed by atoms with E-state index < -0.39 is 17.8 Å². The first-order chi connectivity index (χ1) is 14.5. The molecule has 0 amide bonds. The van der Waals surface area contributed by atoms with Crippen molar-refractivity contribution in [2.45, 2.75) is 25.4 Å². The molecular weight excluding hydrogens is 414 g/mol. The Morgan fingerprint density at radius 1 is 1.23 bits per heavy atom. The molecule has 8 nitrogen and oxygen atoms in total. The highest BCUT2D eigenvalue weighted by atomic mass is 32.2. The highest BCUT2D eigenvalue weighted by molar-refractivity contribution is 7.91. The van der Waals surface area contributed by atoms with Gasteiger partial charge >= 0.3 is 6.61 Å². The monoisotopic (exact) mass is 434 g/mol. The van der Waals surface area contributed by atoms with Crippen LogP contribution in [0.2, 0.25) is 0 Å². The smallest absolute Gasteiger partial charge is 0.387 e. The molecule has 1 aliphatic heterocycles. The van der Waals surface area contributed by atoms with Crippen LogP contribution in [0, 0.1) is 0 Å². The Labute approximate surface area is 174 Å². The van der Waals surface area contributed by atoms with Gasteiger partial charge in [0, 0.05) is 50.3 Å². The van der Waals surface area contributed by atoms with Gasteiger partial charge in [-0.1, -0.05) is 11.2 Å². The maximum atomic E-state index is 12.5. The van der Waals surface area contributed by atoms with Gasteiger partial charge in [-0.3, -0.25) is 4.68 Å². The van der Waals surface area contributed by atoms with Crippen LogP contribution >= 0.6 is 0 Å². The summed E-state index contributed by atoms with van der Waals surface area (Å²) >= 11 is -0.775. The van der Waals surface area contributed by atoms with Gasteiger partial charge in [0.1, 0.15) is 28.9 Å². The number of pyridine rings is 1. The summed E-state index contributed by atoms with van der Waals surface area (Å²) in [6, 6.07) is 4.55. The summed E-state index contributed by atoms with van der Waals surface area (Å²) in [5.74, 6) is 2.76. The van der Waals surface area contributed by atoms with Crippen molar-refractivity contribution in [2.75, 3.05) is 16.8 Å². The van der Waals surface area contributed by atoms with E-state index >= 15 is 0 Å². The van der Waals surface area contributed by atoms with E-state index in [9.17, 15) is 13.3 Å². The number of alkyl halides is 2. The molecular formula is C19H20F2N6O2S. The van der Waals surface area contributed by atoms with Gasteiger partial charge in [0.05, 0.1) is 17.5 Å². The van der Waals surface area contributed by atoms with Crippen molar-refractivity contribution in [1.82, 2.24) is 24.7 Å². The van der Waals surface area contributed by atoms with Gasteiger partial charge in [-0.15, -0.1) is 0 Å². The van der Waals surface area contributed by atoms with Crippen molar-refractivity contribution < 1.29 is 18.1 Å². The molecule has 1 aliphatic rings. The fraction of sp³-hybridized carbons (Fsp3) is 0.368. The van der Waals surface area contributed by atoms with Crippen LogP contribution in [0.4, 0.5) is 20.4 Å². The zero-order valence-corrected chi connectivity index (χ0v) is 17.0. The van der Waals surface area contributed by atoms with Crippen LogP contribution < -0.4 is 10.1 Å². The predicted octanol–water partition coefficient (Wildman–Crippen LogP) is 3.24. The Bertz CT molecular complexity index is 1010. The molecule has 0 spiro atoms. The lowest BCUT2D eigenvalue weighted by Crippen LogP contribution is -2.23. The van der Waals surface area contributed by atoms with Crippen LogP contribution in [0.15, 0.2) is 36.8 Å². The summed E-state index contributed by atoms with van der Waals surface area (Å²) in [5, 5.41) is 7.22. The molecule has 0 saturated carbocycles. The minimum atomic E-state index is -2.92. The van der Waals surface area contributed by atoms with Gasteiger partial charge in [0.15, 0.2) is 5.82 Å². The van der Waals surface area contributed by atoms with Crippen molar-refractivity contribution in [3.8, 4) is 17.1 Å². The SMILES string of the molecule is Cn1cc(-c2nc(Nc3cc(OC(F)F)ccn3)cc(C3CC[S+]([O-])CC3)n2)cn1. The van der Waals surface area contributed by atoms with Crippen molar-refractivity contribution in [3.05, 3.63) is 42.5 Å². The normalized spacial score (nSPS) is 19.1. The lowest BCUT2D eigenvalue weighted by Gasteiger charge is -2.24. The molecule has 0 atom stereocenters. The predicted molar refractivity (Wildman–Crippen MR) is 108 cm³/mol.